The molecule has 3 nitrogen and oxygen atoms in total. The number of hydrogen-bond donors (Lipinski definition) is 0. The van der Waals surface area contributed by atoms with Gasteiger partial charge in [-0.1, -0.05) is 60.7 Å². The highest BCUT2D eigenvalue weighted by atomic mass is 19.3. The van der Waals surface area contributed by atoms with E-state index in [0.29, 0.717) is 11.3 Å². The Labute approximate surface area is 149 Å². The fourth-order valence-corrected chi connectivity index (χ4v) is 2.78. The molecular weight excluding hydrogens is 332 g/mol. The second-order valence-electron chi connectivity index (χ2n) is 5.81. The quantitative estimate of drug-likeness (QED) is 0.452. The van der Waals surface area contributed by atoms with Crippen LogP contribution < -0.4 is 0 Å². The highest BCUT2D eigenvalue weighted by molar-refractivity contribution is 6.13. The zero-order valence-corrected chi connectivity index (χ0v) is 13.8. The number of nitrogens with zero attached hydrogens (tertiary/aromatic N) is 3. The van der Waals surface area contributed by atoms with Crippen molar-refractivity contribution >= 4 is 17.0 Å². The molecule has 128 valence electrons. The van der Waals surface area contributed by atoms with Gasteiger partial charge in [0.05, 0.1) is 11.4 Å². The summed E-state index contributed by atoms with van der Waals surface area (Å²) >= 11 is 0. The molecule has 0 bridgehead atoms. The lowest BCUT2D eigenvalue weighted by atomic mass is 10.0. The van der Waals surface area contributed by atoms with E-state index in [2.05, 4.69) is 4.98 Å². The zero-order valence-electron chi connectivity index (χ0n) is 13.8. The predicted octanol–water partition coefficient (Wildman–Crippen LogP) is 5.44. The maximum atomic E-state index is 12.9. The van der Waals surface area contributed by atoms with Crippen LogP contribution in [0.1, 0.15) is 23.2 Å². The van der Waals surface area contributed by atoms with E-state index in [0.717, 1.165) is 16.8 Å². The number of benzene rings is 2. The van der Waals surface area contributed by atoms with E-state index in [1.807, 2.05) is 60.7 Å². The number of aliphatic imine (C=N–C) groups is 1. The standard InChI is InChI=1S/C21H15F2N3/c22-21(23)18-14-26-12-11-17(13-19(26)25-18)24-20(15-7-3-1-4-8-15)16-9-5-2-6-10-16/h1-14,21H. The Morgan fingerprint density at radius 3 is 2.08 bits per heavy atom. The van der Waals surface area contributed by atoms with E-state index >= 15 is 0 Å². The van der Waals surface area contributed by atoms with Crippen molar-refractivity contribution in [1.82, 2.24) is 9.38 Å². The van der Waals surface area contributed by atoms with Gasteiger partial charge in [0.25, 0.3) is 6.43 Å². The van der Waals surface area contributed by atoms with Crippen molar-refractivity contribution in [2.45, 2.75) is 6.43 Å². The molecule has 0 saturated heterocycles. The number of imidazole rings is 1. The van der Waals surface area contributed by atoms with E-state index in [1.165, 1.54) is 6.20 Å². The molecule has 4 rings (SSSR count). The largest absolute Gasteiger partial charge is 0.306 e. The average molecular weight is 347 g/mol. The number of alkyl halides is 2. The van der Waals surface area contributed by atoms with Crippen LogP contribution in [0, 0.1) is 0 Å². The van der Waals surface area contributed by atoms with Crippen LogP contribution in [0.4, 0.5) is 14.5 Å². The third-order valence-electron chi connectivity index (χ3n) is 4.02. The third kappa shape index (κ3) is 3.24. The first-order valence-corrected chi connectivity index (χ1v) is 8.17. The van der Waals surface area contributed by atoms with Crippen LogP contribution in [0.2, 0.25) is 0 Å². The highest BCUT2D eigenvalue weighted by Gasteiger charge is 2.12. The van der Waals surface area contributed by atoms with Gasteiger partial charge in [-0.15, -0.1) is 0 Å². The van der Waals surface area contributed by atoms with Crippen molar-refractivity contribution in [2.24, 2.45) is 4.99 Å². The van der Waals surface area contributed by atoms with Crippen molar-refractivity contribution in [1.29, 1.82) is 0 Å². The van der Waals surface area contributed by atoms with E-state index in [1.54, 1.807) is 22.7 Å². The van der Waals surface area contributed by atoms with Gasteiger partial charge in [-0.3, -0.25) is 0 Å². The van der Waals surface area contributed by atoms with Crippen molar-refractivity contribution in [3.05, 3.63) is 102 Å². The predicted molar refractivity (Wildman–Crippen MR) is 98.3 cm³/mol. The Bertz CT molecular complexity index is 1010. The average Bonchev–Trinajstić information content (AvgIpc) is 3.11. The Balaban J connectivity index is 1.83. The molecule has 0 amide bonds. The molecule has 4 aromatic rings. The number of pyridine rings is 1. The van der Waals surface area contributed by atoms with Gasteiger partial charge < -0.3 is 4.40 Å². The summed E-state index contributed by atoms with van der Waals surface area (Å²) in [7, 11) is 0. The zero-order chi connectivity index (χ0) is 17.9. The minimum absolute atomic E-state index is 0.238. The fraction of sp³-hybridized carbons (Fsp3) is 0.0476. The van der Waals surface area contributed by atoms with Gasteiger partial charge in [0.15, 0.2) is 0 Å². The Morgan fingerprint density at radius 2 is 1.50 bits per heavy atom. The normalized spacial score (nSPS) is 11.0. The molecule has 0 aliphatic heterocycles. The van der Waals surface area contributed by atoms with Crippen LogP contribution in [-0.4, -0.2) is 15.1 Å². The summed E-state index contributed by atoms with van der Waals surface area (Å²) in [5, 5.41) is 0. The monoisotopic (exact) mass is 347 g/mol. The molecule has 2 aromatic carbocycles. The molecule has 26 heavy (non-hydrogen) atoms. The first kappa shape index (κ1) is 16.1. The van der Waals surface area contributed by atoms with Crippen LogP contribution in [-0.2, 0) is 0 Å². The molecule has 0 spiro atoms. The maximum Gasteiger partial charge on any atom is 0.281 e. The molecule has 2 aromatic heterocycles. The summed E-state index contributed by atoms with van der Waals surface area (Å²) in [6, 6.07) is 23.2. The molecule has 0 aliphatic carbocycles. The number of aromatic nitrogens is 2. The highest BCUT2D eigenvalue weighted by Crippen LogP contribution is 2.23. The summed E-state index contributed by atoms with van der Waals surface area (Å²) < 4.78 is 27.3. The summed E-state index contributed by atoms with van der Waals surface area (Å²) in [6.45, 7) is 0. The van der Waals surface area contributed by atoms with Gasteiger partial charge in [-0.2, -0.15) is 0 Å². The van der Waals surface area contributed by atoms with Gasteiger partial charge in [0, 0.05) is 29.6 Å². The maximum absolute atomic E-state index is 12.9. The van der Waals surface area contributed by atoms with E-state index in [4.69, 9.17) is 4.99 Å². The van der Waals surface area contributed by atoms with Crippen molar-refractivity contribution in [3.63, 3.8) is 0 Å². The molecular formula is C21H15F2N3. The smallest absolute Gasteiger partial charge is 0.281 e. The molecule has 5 heteroatoms. The third-order valence-corrected chi connectivity index (χ3v) is 4.02. The van der Waals surface area contributed by atoms with Crippen LogP contribution in [0.25, 0.3) is 5.65 Å². The lowest BCUT2D eigenvalue weighted by Gasteiger charge is -2.08. The molecule has 0 N–H and O–H groups in total. The molecule has 0 radical (unpaired) electrons. The number of fused-ring (bicyclic) bond motifs is 1. The van der Waals surface area contributed by atoms with Crippen molar-refractivity contribution in [2.75, 3.05) is 0 Å². The summed E-state index contributed by atoms with van der Waals surface area (Å²) in [5.41, 5.74) is 3.65. The van der Waals surface area contributed by atoms with Gasteiger partial charge in [0.2, 0.25) is 0 Å². The van der Waals surface area contributed by atoms with Crippen LogP contribution in [0.15, 0.2) is 90.2 Å². The van der Waals surface area contributed by atoms with Crippen LogP contribution in [0.3, 0.4) is 0 Å². The van der Waals surface area contributed by atoms with Crippen molar-refractivity contribution in [3.8, 4) is 0 Å². The second-order valence-corrected chi connectivity index (χ2v) is 5.81. The summed E-state index contributed by atoms with van der Waals surface area (Å²) in [5.74, 6) is 0. The fourth-order valence-electron chi connectivity index (χ4n) is 2.78. The van der Waals surface area contributed by atoms with Gasteiger partial charge >= 0.3 is 0 Å². The summed E-state index contributed by atoms with van der Waals surface area (Å²) in [6.07, 6.45) is 0.440. The van der Waals surface area contributed by atoms with Crippen LogP contribution in [0.5, 0.6) is 0 Å². The lowest BCUT2D eigenvalue weighted by Crippen LogP contribution is -2.02. The van der Waals surface area contributed by atoms with E-state index < -0.39 is 6.43 Å². The molecule has 0 fully saturated rings. The number of rotatable bonds is 4. The topological polar surface area (TPSA) is 29.7 Å². The van der Waals surface area contributed by atoms with E-state index in [9.17, 15) is 8.78 Å². The summed E-state index contributed by atoms with van der Waals surface area (Å²) in [4.78, 5) is 8.75. The van der Waals surface area contributed by atoms with E-state index in [-0.39, 0.29) is 5.69 Å². The first-order valence-electron chi connectivity index (χ1n) is 8.17. The first-order chi connectivity index (χ1) is 12.7. The van der Waals surface area contributed by atoms with Gasteiger partial charge in [-0.25, -0.2) is 18.8 Å². The Morgan fingerprint density at radius 1 is 0.885 bits per heavy atom. The molecule has 0 unspecified atom stereocenters. The van der Waals surface area contributed by atoms with Gasteiger partial charge in [0.1, 0.15) is 11.3 Å². The SMILES string of the molecule is FC(F)c1cn2ccc(N=C(c3ccccc3)c3ccccc3)cc2n1. The lowest BCUT2D eigenvalue weighted by molar-refractivity contribution is 0.147. The second kappa shape index (κ2) is 6.88. The van der Waals surface area contributed by atoms with Crippen molar-refractivity contribution < 1.29 is 8.78 Å². The van der Waals surface area contributed by atoms with Crippen LogP contribution >= 0.6 is 0 Å². The Kier molecular flexibility index (Phi) is 4.27. The molecule has 0 saturated carbocycles. The number of hydrogen-bond acceptors (Lipinski definition) is 2. The molecule has 0 aliphatic rings. The molecule has 0 atom stereocenters. The van der Waals surface area contributed by atoms with Gasteiger partial charge in [-0.05, 0) is 6.07 Å². The molecule has 2 heterocycles. The minimum Gasteiger partial charge on any atom is -0.306 e. The Hall–Kier alpha value is -3.34. The minimum atomic E-state index is -2.59. The number of halogens is 2.